The van der Waals surface area contributed by atoms with Crippen molar-refractivity contribution in [3.8, 4) is 5.75 Å². The van der Waals surface area contributed by atoms with Crippen LogP contribution in [0.2, 0.25) is 0 Å². The Kier molecular flexibility index (Phi) is 2.27. The lowest BCUT2D eigenvalue weighted by Gasteiger charge is -2.22. The highest BCUT2D eigenvalue weighted by atomic mass is 19.4. The molecule has 0 saturated carbocycles. The van der Waals surface area contributed by atoms with Gasteiger partial charge in [-0.3, -0.25) is 0 Å². The Balaban J connectivity index is 2.08. The van der Waals surface area contributed by atoms with E-state index in [1.165, 1.54) is 6.07 Å². The summed E-state index contributed by atoms with van der Waals surface area (Å²) in [5, 5.41) is 10.8. The van der Waals surface area contributed by atoms with Gasteiger partial charge in [-0.1, -0.05) is 18.2 Å². The zero-order valence-electron chi connectivity index (χ0n) is 10.8. The topological polar surface area (TPSA) is 59.7 Å². The molecule has 4 rings (SSSR count). The Hall–Kier alpha value is -2.54. The minimum absolute atomic E-state index is 0.277. The maximum absolute atomic E-state index is 13.1. The summed E-state index contributed by atoms with van der Waals surface area (Å²) >= 11 is 0. The van der Waals surface area contributed by atoms with Crippen LogP contribution in [0.1, 0.15) is 5.56 Å². The van der Waals surface area contributed by atoms with Crippen molar-refractivity contribution < 1.29 is 32.2 Å². The minimum atomic E-state index is -5.18. The van der Waals surface area contributed by atoms with Crippen LogP contribution in [0.3, 0.4) is 0 Å². The van der Waals surface area contributed by atoms with Gasteiger partial charge in [0.2, 0.25) is 0 Å². The molecule has 0 amide bonds. The Bertz CT molecular complexity index is 941. The van der Waals surface area contributed by atoms with Gasteiger partial charge in [0, 0.05) is 22.4 Å². The second-order valence-corrected chi connectivity index (χ2v) is 5.04. The number of furan rings is 1. The van der Waals surface area contributed by atoms with Crippen molar-refractivity contribution in [1.82, 2.24) is 0 Å². The van der Waals surface area contributed by atoms with Crippen LogP contribution in [0.25, 0.3) is 21.9 Å². The first-order valence-electron chi connectivity index (χ1n) is 6.29. The molecule has 0 fully saturated rings. The van der Waals surface area contributed by atoms with Gasteiger partial charge in [0.1, 0.15) is 16.9 Å². The van der Waals surface area contributed by atoms with E-state index in [0.29, 0.717) is 16.4 Å². The Morgan fingerprint density at radius 3 is 2.50 bits per heavy atom. The zero-order chi connectivity index (χ0) is 15.7. The molecule has 1 unspecified atom stereocenters. The third kappa shape index (κ3) is 1.43. The average molecular weight is 308 g/mol. The first kappa shape index (κ1) is 13.1. The molecule has 2 aromatic carbocycles. The standard InChI is InChI=1S/C15H7F3O4/c16-15(17,18)14(20)9-5-8-7-3-1-2-4-10(7)21-11(8)6-12(9)22-13(14)19/h1-6,20H. The summed E-state index contributed by atoms with van der Waals surface area (Å²) in [6.07, 6.45) is -5.18. The lowest BCUT2D eigenvalue weighted by atomic mass is 9.93. The van der Waals surface area contributed by atoms with Crippen molar-refractivity contribution in [1.29, 1.82) is 0 Å². The van der Waals surface area contributed by atoms with Crippen molar-refractivity contribution >= 4 is 27.9 Å². The lowest BCUT2D eigenvalue weighted by molar-refractivity contribution is -0.258. The van der Waals surface area contributed by atoms with Gasteiger partial charge < -0.3 is 14.3 Å². The maximum atomic E-state index is 13.1. The van der Waals surface area contributed by atoms with Crippen LogP contribution in [-0.4, -0.2) is 17.3 Å². The van der Waals surface area contributed by atoms with E-state index < -0.39 is 23.3 Å². The molecule has 0 bridgehead atoms. The molecule has 0 saturated heterocycles. The third-order valence-corrected chi connectivity index (χ3v) is 3.78. The van der Waals surface area contributed by atoms with Crippen LogP contribution in [0.15, 0.2) is 40.8 Å². The van der Waals surface area contributed by atoms with E-state index >= 15 is 0 Å². The summed E-state index contributed by atoms with van der Waals surface area (Å²) in [5.74, 6) is -2.11. The Morgan fingerprint density at radius 1 is 1.05 bits per heavy atom. The van der Waals surface area contributed by atoms with Gasteiger partial charge in [0.25, 0.3) is 5.60 Å². The highest BCUT2D eigenvalue weighted by molar-refractivity contribution is 6.07. The fourth-order valence-corrected chi connectivity index (χ4v) is 2.67. The van der Waals surface area contributed by atoms with Crippen molar-refractivity contribution in [2.24, 2.45) is 0 Å². The molecule has 0 spiro atoms. The number of esters is 1. The van der Waals surface area contributed by atoms with Crippen molar-refractivity contribution in [3.63, 3.8) is 0 Å². The zero-order valence-corrected chi connectivity index (χ0v) is 10.8. The summed E-state index contributed by atoms with van der Waals surface area (Å²) in [6, 6.07) is 9.06. The normalized spacial score (nSPS) is 21.4. The number of hydrogen-bond donors (Lipinski definition) is 1. The summed E-state index contributed by atoms with van der Waals surface area (Å²) in [4.78, 5) is 11.5. The second kappa shape index (κ2) is 3.80. The number of halogens is 3. The summed E-state index contributed by atoms with van der Waals surface area (Å²) < 4.78 is 49.5. The molecule has 22 heavy (non-hydrogen) atoms. The number of para-hydroxylation sites is 1. The molecule has 1 aromatic heterocycles. The van der Waals surface area contributed by atoms with Gasteiger partial charge in [-0.25, -0.2) is 4.79 Å². The summed E-state index contributed by atoms with van der Waals surface area (Å²) in [5.41, 5.74) is -3.51. The van der Waals surface area contributed by atoms with E-state index in [1.54, 1.807) is 24.3 Å². The van der Waals surface area contributed by atoms with Gasteiger partial charge in [-0.2, -0.15) is 13.2 Å². The molecule has 3 aromatic rings. The van der Waals surface area contributed by atoms with Gasteiger partial charge in [0.15, 0.2) is 0 Å². The van der Waals surface area contributed by atoms with E-state index in [1.807, 2.05) is 0 Å². The predicted molar refractivity (Wildman–Crippen MR) is 69.3 cm³/mol. The number of rotatable bonds is 0. The first-order valence-corrected chi connectivity index (χ1v) is 6.29. The van der Waals surface area contributed by atoms with Crippen LogP contribution in [-0.2, 0) is 10.4 Å². The van der Waals surface area contributed by atoms with E-state index in [-0.39, 0.29) is 11.3 Å². The summed E-state index contributed by atoms with van der Waals surface area (Å²) in [7, 11) is 0. The predicted octanol–water partition coefficient (Wildman–Crippen LogP) is 3.25. The van der Waals surface area contributed by atoms with Crippen molar-refractivity contribution in [3.05, 3.63) is 42.0 Å². The van der Waals surface area contributed by atoms with E-state index in [0.717, 1.165) is 6.07 Å². The molecule has 7 heteroatoms. The van der Waals surface area contributed by atoms with Crippen LogP contribution < -0.4 is 4.74 Å². The monoisotopic (exact) mass is 308 g/mol. The molecule has 1 aliphatic rings. The second-order valence-electron chi connectivity index (χ2n) is 5.04. The van der Waals surface area contributed by atoms with E-state index in [2.05, 4.69) is 4.74 Å². The number of alkyl halides is 3. The van der Waals surface area contributed by atoms with Crippen LogP contribution in [0.5, 0.6) is 5.75 Å². The Labute approximate surface area is 120 Å². The maximum Gasteiger partial charge on any atom is 0.432 e. The largest absolute Gasteiger partial charge is 0.456 e. The number of carbonyl (C=O) groups is 1. The average Bonchev–Trinajstić information content (AvgIpc) is 2.93. The molecule has 112 valence electrons. The fourth-order valence-electron chi connectivity index (χ4n) is 2.67. The van der Waals surface area contributed by atoms with Gasteiger partial charge >= 0.3 is 12.1 Å². The van der Waals surface area contributed by atoms with Crippen LogP contribution >= 0.6 is 0 Å². The molecule has 0 radical (unpaired) electrons. The molecule has 4 nitrogen and oxygen atoms in total. The van der Waals surface area contributed by atoms with Crippen LogP contribution in [0, 0.1) is 0 Å². The Morgan fingerprint density at radius 2 is 1.77 bits per heavy atom. The third-order valence-electron chi connectivity index (χ3n) is 3.78. The number of ether oxygens (including phenoxy) is 1. The highest BCUT2D eigenvalue weighted by Gasteiger charge is 2.66. The van der Waals surface area contributed by atoms with Gasteiger partial charge in [-0.05, 0) is 12.1 Å². The van der Waals surface area contributed by atoms with Crippen LogP contribution in [0.4, 0.5) is 13.2 Å². The number of benzene rings is 2. The number of aliphatic hydroxyl groups is 1. The fraction of sp³-hybridized carbons (Fsp3) is 0.133. The highest BCUT2D eigenvalue weighted by Crippen LogP contribution is 2.50. The quantitative estimate of drug-likeness (QED) is 0.511. The number of carbonyl (C=O) groups excluding carboxylic acids is 1. The molecule has 2 heterocycles. The van der Waals surface area contributed by atoms with E-state index in [4.69, 9.17) is 4.42 Å². The minimum Gasteiger partial charge on any atom is -0.456 e. The molecule has 1 aliphatic heterocycles. The van der Waals surface area contributed by atoms with Crippen molar-refractivity contribution in [2.75, 3.05) is 0 Å². The molecule has 1 atom stereocenters. The van der Waals surface area contributed by atoms with Gasteiger partial charge in [0.05, 0.1) is 0 Å². The van der Waals surface area contributed by atoms with Gasteiger partial charge in [-0.15, -0.1) is 0 Å². The van der Waals surface area contributed by atoms with Crippen molar-refractivity contribution in [2.45, 2.75) is 11.8 Å². The SMILES string of the molecule is O=C1Oc2cc3oc4ccccc4c3cc2C1(O)C(F)(F)F. The molecule has 1 N–H and O–H groups in total. The molecular formula is C15H7F3O4. The number of fused-ring (bicyclic) bond motifs is 4. The summed E-state index contributed by atoms with van der Waals surface area (Å²) in [6.45, 7) is 0. The molecule has 0 aliphatic carbocycles. The number of hydrogen-bond acceptors (Lipinski definition) is 4. The van der Waals surface area contributed by atoms with E-state index in [9.17, 15) is 23.1 Å². The smallest absolute Gasteiger partial charge is 0.432 e. The molecular weight excluding hydrogens is 301 g/mol. The lowest BCUT2D eigenvalue weighted by Crippen LogP contribution is -2.47. The first-order chi connectivity index (χ1) is 10.3.